The van der Waals surface area contributed by atoms with Gasteiger partial charge < -0.3 is 9.47 Å². The zero-order valence-corrected chi connectivity index (χ0v) is 10.5. The van der Waals surface area contributed by atoms with Crippen molar-refractivity contribution in [1.82, 2.24) is 0 Å². The molecule has 0 heterocycles. The summed E-state index contributed by atoms with van der Waals surface area (Å²) in [5, 5.41) is 0. The van der Waals surface area contributed by atoms with Crippen LogP contribution in [-0.2, 0) is 14.9 Å². The van der Waals surface area contributed by atoms with E-state index in [0.717, 1.165) is 24.2 Å². The monoisotopic (exact) mass is 234 g/mol. The maximum atomic E-state index is 11.8. The average Bonchev–Trinajstić information content (AvgIpc) is 3.09. The molecule has 0 amide bonds. The molecule has 0 N–H and O–H groups in total. The smallest absolute Gasteiger partial charge is 0.316 e. The number of hydrogen-bond donors (Lipinski definition) is 0. The number of hydrogen-bond acceptors (Lipinski definition) is 3. The summed E-state index contributed by atoms with van der Waals surface area (Å²) in [6.45, 7) is 3.97. The topological polar surface area (TPSA) is 35.5 Å². The lowest BCUT2D eigenvalue weighted by Crippen LogP contribution is -2.21. The highest BCUT2D eigenvalue weighted by molar-refractivity contribution is 5.86. The van der Waals surface area contributed by atoms with Crippen molar-refractivity contribution in [2.24, 2.45) is 0 Å². The van der Waals surface area contributed by atoms with Gasteiger partial charge in [0.15, 0.2) is 0 Å². The van der Waals surface area contributed by atoms with Crippen LogP contribution in [0.15, 0.2) is 24.3 Å². The fourth-order valence-electron chi connectivity index (χ4n) is 2.07. The molecular formula is C14H18O3. The Hall–Kier alpha value is -1.51. The van der Waals surface area contributed by atoms with E-state index < -0.39 is 5.41 Å². The summed E-state index contributed by atoms with van der Waals surface area (Å²) in [4.78, 5) is 11.8. The van der Waals surface area contributed by atoms with Crippen molar-refractivity contribution in [1.29, 1.82) is 0 Å². The molecule has 1 saturated carbocycles. The largest absolute Gasteiger partial charge is 0.491 e. The lowest BCUT2D eigenvalue weighted by atomic mass is 9.96. The van der Waals surface area contributed by atoms with Crippen LogP contribution in [0.5, 0.6) is 5.75 Å². The van der Waals surface area contributed by atoms with Gasteiger partial charge in [0.1, 0.15) is 5.75 Å². The van der Waals surface area contributed by atoms with E-state index in [9.17, 15) is 4.79 Å². The van der Waals surface area contributed by atoms with Gasteiger partial charge in [0.25, 0.3) is 0 Å². The van der Waals surface area contributed by atoms with E-state index in [-0.39, 0.29) is 12.1 Å². The Morgan fingerprint density at radius 1 is 1.35 bits per heavy atom. The van der Waals surface area contributed by atoms with Gasteiger partial charge >= 0.3 is 5.97 Å². The van der Waals surface area contributed by atoms with Crippen LogP contribution in [0.4, 0.5) is 0 Å². The van der Waals surface area contributed by atoms with Crippen molar-refractivity contribution < 1.29 is 14.3 Å². The fraction of sp³-hybridized carbons (Fsp3) is 0.500. The molecule has 1 fully saturated rings. The third kappa shape index (κ3) is 2.28. The molecule has 0 aliphatic heterocycles. The summed E-state index contributed by atoms with van der Waals surface area (Å²) in [5.41, 5.74) is 0.591. The third-order valence-electron chi connectivity index (χ3n) is 3.08. The van der Waals surface area contributed by atoms with E-state index in [1.165, 1.54) is 7.11 Å². The van der Waals surface area contributed by atoms with Crippen molar-refractivity contribution in [3.05, 3.63) is 29.8 Å². The zero-order chi connectivity index (χ0) is 12.5. The molecule has 0 radical (unpaired) electrons. The van der Waals surface area contributed by atoms with Crippen LogP contribution < -0.4 is 4.74 Å². The molecular weight excluding hydrogens is 216 g/mol. The molecule has 3 heteroatoms. The van der Waals surface area contributed by atoms with Gasteiger partial charge in [-0.25, -0.2) is 0 Å². The van der Waals surface area contributed by atoms with Crippen molar-refractivity contribution in [2.45, 2.75) is 38.2 Å². The number of carbonyl (C=O) groups is 1. The van der Waals surface area contributed by atoms with E-state index in [4.69, 9.17) is 9.47 Å². The zero-order valence-electron chi connectivity index (χ0n) is 10.5. The van der Waals surface area contributed by atoms with Gasteiger partial charge in [0, 0.05) is 0 Å². The Labute approximate surface area is 102 Å². The third-order valence-corrected chi connectivity index (χ3v) is 3.08. The van der Waals surface area contributed by atoms with Crippen LogP contribution >= 0.6 is 0 Å². The van der Waals surface area contributed by atoms with Gasteiger partial charge in [-0.05, 0) is 44.4 Å². The first-order valence-electron chi connectivity index (χ1n) is 5.94. The standard InChI is InChI=1S/C14H18O3/c1-10(2)17-12-6-4-5-11(9-12)14(7-8-14)13(15)16-3/h4-6,9-10H,7-8H2,1-3H3. The predicted octanol–water partition coefficient (Wildman–Crippen LogP) is 2.68. The van der Waals surface area contributed by atoms with Gasteiger partial charge in [0.05, 0.1) is 18.6 Å². The van der Waals surface area contributed by atoms with E-state index >= 15 is 0 Å². The molecule has 0 spiro atoms. The highest BCUT2D eigenvalue weighted by atomic mass is 16.5. The van der Waals surface area contributed by atoms with Crippen LogP contribution in [-0.4, -0.2) is 19.2 Å². The van der Waals surface area contributed by atoms with Crippen LogP contribution in [0.25, 0.3) is 0 Å². The van der Waals surface area contributed by atoms with Gasteiger partial charge in [0.2, 0.25) is 0 Å². The second-order valence-electron chi connectivity index (χ2n) is 4.77. The van der Waals surface area contributed by atoms with Gasteiger partial charge in [-0.3, -0.25) is 4.79 Å². The van der Waals surface area contributed by atoms with Gasteiger partial charge in [-0.15, -0.1) is 0 Å². The molecule has 17 heavy (non-hydrogen) atoms. The Balaban J connectivity index is 2.25. The Morgan fingerprint density at radius 2 is 2.06 bits per heavy atom. The normalized spacial score (nSPS) is 16.7. The highest BCUT2D eigenvalue weighted by Crippen LogP contribution is 2.49. The minimum Gasteiger partial charge on any atom is -0.491 e. The van der Waals surface area contributed by atoms with Crippen LogP contribution in [0.1, 0.15) is 32.3 Å². The molecule has 1 aromatic carbocycles. The van der Waals surface area contributed by atoms with Crippen LogP contribution in [0.2, 0.25) is 0 Å². The Bertz CT molecular complexity index is 419. The average molecular weight is 234 g/mol. The first-order chi connectivity index (χ1) is 8.08. The summed E-state index contributed by atoms with van der Waals surface area (Å²) in [6.07, 6.45) is 1.87. The van der Waals surface area contributed by atoms with E-state index in [1.807, 2.05) is 38.1 Å². The summed E-state index contributed by atoms with van der Waals surface area (Å²) < 4.78 is 10.5. The fourth-order valence-corrected chi connectivity index (χ4v) is 2.07. The van der Waals surface area contributed by atoms with E-state index in [0.29, 0.717) is 0 Å². The number of methoxy groups -OCH3 is 1. The molecule has 0 unspecified atom stereocenters. The first kappa shape index (κ1) is 12.0. The summed E-state index contributed by atoms with van der Waals surface area (Å²) >= 11 is 0. The molecule has 3 nitrogen and oxygen atoms in total. The van der Waals surface area contributed by atoms with Crippen molar-refractivity contribution in [3.8, 4) is 5.75 Å². The second kappa shape index (κ2) is 4.40. The molecule has 1 aliphatic carbocycles. The minimum atomic E-state index is -0.412. The lowest BCUT2D eigenvalue weighted by Gasteiger charge is -2.15. The first-order valence-corrected chi connectivity index (χ1v) is 5.94. The Morgan fingerprint density at radius 3 is 2.59 bits per heavy atom. The number of benzene rings is 1. The molecule has 0 saturated heterocycles. The van der Waals surface area contributed by atoms with Crippen molar-refractivity contribution in [3.63, 3.8) is 0 Å². The van der Waals surface area contributed by atoms with Crippen molar-refractivity contribution >= 4 is 5.97 Å². The number of rotatable bonds is 4. The van der Waals surface area contributed by atoms with Crippen LogP contribution in [0, 0.1) is 0 Å². The minimum absolute atomic E-state index is 0.138. The molecule has 1 aliphatic rings. The summed E-state index contributed by atoms with van der Waals surface area (Å²) in [5.74, 6) is 0.673. The molecule has 92 valence electrons. The summed E-state index contributed by atoms with van der Waals surface area (Å²) in [7, 11) is 1.44. The number of carbonyl (C=O) groups excluding carboxylic acids is 1. The highest BCUT2D eigenvalue weighted by Gasteiger charge is 2.52. The molecule has 2 rings (SSSR count). The van der Waals surface area contributed by atoms with E-state index in [2.05, 4.69) is 0 Å². The Kier molecular flexibility index (Phi) is 3.09. The summed E-state index contributed by atoms with van der Waals surface area (Å²) in [6, 6.07) is 7.76. The molecule has 0 aromatic heterocycles. The van der Waals surface area contributed by atoms with Crippen LogP contribution in [0.3, 0.4) is 0 Å². The van der Waals surface area contributed by atoms with Gasteiger partial charge in [-0.1, -0.05) is 12.1 Å². The maximum absolute atomic E-state index is 11.8. The lowest BCUT2D eigenvalue weighted by molar-refractivity contribution is -0.143. The number of esters is 1. The van der Waals surface area contributed by atoms with Crippen molar-refractivity contribution in [2.75, 3.05) is 7.11 Å². The van der Waals surface area contributed by atoms with E-state index in [1.54, 1.807) is 0 Å². The quantitative estimate of drug-likeness (QED) is 0.751. The SMILES string of the molecule is COC(=O)C1(c2cccc(OC(C)C)c2)CC1. The molecule has 0 bridgehead atoms. The maximum Gasteiger partial charge on any atom is 0.316 e. The predicted molar refractivity (Wildman–Crippen MR) is 65.1 cm³/mol. The molecule has 1 aromatic rings. The second-order valence-corrected chi connectivity index (χ2v) is 4.77. The molecule has 0 atom stereocenters. The van der Waals surface area contributed by atoms with Gasteiger partial charge in [-0.2, -0.15) is 0 Å². The number of ether oxygens (including phenoxy) is 2.